The van der Waals surface area contributed by atoms with Gasteiger partial charge in [0.1, 0.15) is 0 Å². The first-order valence-corrected chi connectivity index (χ1v) is 11.8. The third-order valence-electron chi connectivity index (χ3n) is 4.34. The number of rotatable bonds is 15. The Morgan fingerprint density at radius 3 is 1.71 bits per heavy atom. The van der Waals surface area contributed by atoms with E-state index in [9.17, 15) is 0 Å². The lowest BCUT2D eigenvalue weighted by Gasteiger charge is -2.35. The van der Waals surface area contributed by atoms with Crippen LogP contribution in [-0.4, -0.2) is 28.6 Å². The van der Waals surface area contributed by atoms with Gasteiger partial charge in [-0.15, -0.1) is 0 Å². The van der Waals surface area contributed by atoms with Crippen LogP contribution in [0.5, 0.6) is 0 Å². The average molecular weight is 355 g/mol. The minimum absolute atomic E-state index is 0.211. The van der Waals surface area contributed by atoms with Crippen molar-refractivity contribution < 1.29 is 13.3 Å². The summed E-state index contributed by atoms with van der Waals surface area (Å²) in [7, 11) is -2.73. The Hall–Kier alpha value is -0.423. The van der Waals surface area contributed by atoms with Crippen molar-refractivity contribution in [2.75, 3.05) is 19.8 Å². The van der Waals surface area contributed by atoms with Crippen LogP contribution in [0.3, 0.4) is 0 Å². The molecule has 0 fully saturated rings. The summed E-state index contributed by atoms with van der Waals surface area (Å²) in [4.78, 5) is 0. The largest absolute Gasteiger partial charge is 0.512 e. The van der Waals surface area contributed by atoms with Gasteiger partial charge in [0.05, 0.1) is 5.54 Å². The Balaban J connectivity index is 2.92. The van der Waals surface area contributed by atoms with Crippen molar-refractivity contribution >= 4 is 8.80 Å². The Labute approximate surface area is 150 Å². The van der Waals surface area contributed by atoms with E-state index < -0.39 is 8.80 Å². The maximum atomic E-state index is 6.43. The molecule has 3 nitrogen and oxygen atoms in total. The summed E-state index contributed by atoms with van der Waals surface area (Å²) in [6.07, 6.45) is 15.5. The fraction of sp³-hybridized carbons (Fsp3) is 0.800. The van der Waals surface area contributed by atoms with Crippen LogP contribution in [0.15, 0.2) is 23.8 Å². The summed E-state index contributed by atoms with van der Waals surface area (Å²) in [6, 6.07) is 0. The highest BCUT2D eigenvalue weighted by Gasteiger charge is 2.50. The van der Waals surface area contributed by atoms with E-state index in [2.05, 4.69) is 45.9 Å². The molecule has 0 saturated heterocycles. The second kappa shape index (κ2) is 12.9. The van der Waals surface area contributed by atoms with E-state index >= 15 is 0 Å². The molecular formula is C20H38O3Si. The SMILES string of the molecule is CCCCO[Si](OCCCC)(OCCCC)C1C=CC=C1CCC. The van der Waals surface area contributed by atoms with Gasteiger partial charge in [-0.1, -0.05) is 77.2 Å². The van der Waals surface area contributed by atoms with Crippen LogP contribution in [0, 0.1) is 0 Å². The molecular weight excluding hydrogens is 316 g/mol. The molecule has 0 aromatic heterocycles. The number of allylic oxidation sites excluding steroid dienone is 4. The molecule has 0 radical (unpaired) electrons. The summed E-state index contributed by atoms with van der Waals surface area (Å²) in [5, 5.41) is 0. The molecule has 24 heavy (non-hydrogen) atoms. The van der Waals surface area contributed by atoms with Gasteiger partial charge < -0.3 is 13.3 Å². The molecule has 1 unspecified atom stereocenters. The van der Waals surface area contributed by atoms with Crippen molar-refractivity contribution in [3.05, 3.63) is 23.8 Å². The quantitative estimate of drug-likeness (QED) is 0.265. The fourth-order valence-electron chi connectivity index (χ4n) is 2.86. The fourth-order valence-corrected chi connectivity index (χ4v) is 5.98. The van der Waals surface area contributed by atoms with Crippen molar-refractivity contribution in [1.82, 2.24) is 0 Å². The minimum atomic E-state index is -2.73. The molecule has 0 saturated carbocycles. The smallest absolute Gasteiger partial charge is 0.373 e. The first-order chi connectivity index (χ1) is 11.7. The van der Waals surface area contributed by atoms with Crippen LogP contribution in [0.25, 0.3) is 0 Å². The lowest BCUT2D eigenvalue weighted by molar-refractivity contribution is 0.0532. The number of hydrogen-bond donors (Lipinski definition) is 0. The second-order valence-corrected chi connectivity index (χ2v) is 9.26. The van der Waals surface area contributed by atoms with Gasteiger partial charge in [0, 0.05) is 19.8 Å². The van der Waals surface area contributed by atoms with Crippen molar-refractivity contribution in [2.45, 2.75) is 84.6 Å². The number of hydrogen-bond acceptors (Lipinski definition) is 3. The van der Waals surface area contributed by atoms with Crippen LogP contribution in [-0.2, 0) is 13.3 Å². The second-order valence-electron chi connectivity index (χ2n) is 6.56. The maximum absolute atomic E-state index is 6.43. The molecule has 4 heteroatoms. The van der Waals surface area contributed by atoms with Crippen LogP contribution in [0.1, 0.15) is 79.1 Å². The third kappa shape index (κ3) is 6.83. The van der Waals surface area contributed by atoms with Crippen LogP contribution >= 0.6 is 0 Å². The first kappa shape index (κ1) is 21.6. The van der Waals surface area contributed by atoms with Gasteiger partial charge >= 0.3 is 8.80 Å². The highest BCUT2D eigenvalue weighted by Crippen LogP contribution is 2.39. The zero-order valence-corrected chi connectivity index (χ0v) is 17.3. The number of unbranched alkanes of at least 4 members (excludes halogenated alkanes) is 3. The van der Waals surface area contributed by atoms with Crippen molar-refractivity contribution in [3.63, 3.8) is 0 Å². The Kier molecular flexibility index (Phi) is 11.6. The van der Waals surface area contributed by atoms with E-state index in [-0.39, 0.29) is 5.54 Å². The van der Waals surface area contributed by atoms with E-state index in [0.717, 1.165) is 71.2 Å². The zero-order chi connectivity index (χ0) is 17.7. The lowest BCUT2D eigenvalue weighted by Crippen LogP contribution is -2.50. The van der Waals surface area contributed by atoms with Gasteiger partial charge in [0.2, 0.25) is 0 Å². The first-order valence-electron chi connectivity index (χ1n) is 10.0. The summed E-state index contributed by atoms with van der Waals surface area (Å²) < 4.78 is 19.3. The Morgan fingerprint density at radius 1 is 0.792 bits per heavy atom. The topological polar surface area (TPSA) is 27.7 Å². The van der Waals surface area contributed by atoms with E-state index in [4.69, 9.17) is 13.3 Å². The van der Waals surface area contributed by atoms with Gasteiger partial charge in [0.25, 0.3) is 0 Å². The van der Waals surface area contributed by atoms with Crippen LogP contribution in [0.4, 0.5) is 0 Å². The molecule has 1 aliphatic rings. The van der Waals surface area contributed by atoms with Gasteiger partial charge in [-0.05, 0) is 25.7 Å². The van der Waals surface area contributed by atoms with E-state index in [1.54, 1.807) is 0 Å². The zero-order valence-electron chi connectivity index (χ0n) is 16.3. The molecule has 0 N–H and O–H groups in total. The summed E-state index contributed by atoms with van der Waals surface area (Å²) in [6.45, 7) is 11.0. The van der Waals surface area contributed by atoms with Gasteiger partial charge in [-0.25, -0.2) is 0 Å². The Bertz CT molecular complexity index is 353. The molecule has 1 aliphatic carbocycles. The highest BCUT2D eigenvalue weighted by molar-refractivity contribution is 6.64. The molecule has 140 valence electrons. The molecule has 0 heterocycles. The predicted octanol–water partition coefficient (Wildman–Crippen LogP) is 6.04. The van der Waals surface area contributed by atoms with E-state index in [1.807, 2.05) is 0 Å². The minimum Gasteiger partial charge on any atom is -0.373 e. The van der Waals surface area contributed by atoms with Gasteiger partial charge in [-0.3, -0.25) is 0 Å². The summed E-state index contributed by atoms with van der Waals surface area (Å²) in [5.41, 5.74) is 1.64. The molecule has 0 aromatic rings. The van der Waals surface area contributed by atoms with E-state index in [1.165, 1.54) is 5.57 Å². The molecule has 0 amide bonds. The van der Waals surface area contributed by atoms with E-state index in [0.29, 0.717) is 0 Å². The molecule has 1 atom stereocenters. The standard InChI is InChI=1S/C20H38O3Si/c1-5-9-16-21-24(22-17-10-6-2,23-18-11-7-3)20-15-12-14-19(20)13-8-4/h12,14-15,20H,5-11,13,16-18H2,1-4H3. The Morgan fingerprint density at radius 2 is 1.29 bits per heavy atom. The van der Waals surface area contributed by atoms with Crippen molar-refractivity contribution in [3.8, 4) is 0 Å². The average Bonchev–Trinajstić information content (AvgIpc) is 3.04. The molecule has 0 aromatic carbocycles. The van der Waals surface area contributed by atoms with Gasteiger partial charge in [-0.2, -0.15) is 0 Å². The monoisotopic (exact) mass is 354 g/mol. The summed E-state index contributed by atoms with van der Waals surface area (Å²) >= 11 is 0. The maximum Gasteiger partial charge on any atom is 0.512 e. The van der Waals surface area contributed by atoms with Crippen molar-refractivity contribution in [1.29, 1.82) is 0 Å². The molecule has 0 bridgehead atoms. The lowest BCUT2D eigenvalue weighted by atomic mass is 10.1. The van der Waals surface area contributed by atoms with Crippen molar-refractivity contribution in [2.24, 2.45) is 0 Å². The summed E-state index contributed by atoms with van der Waals surface area (Å²) in [5.74, 6) is 0. The van der Waals surface area contributed by atoms with Crippen LogP contribution in [0.2, 0.25) is 5.54 Å². The normalized spacial score (nSPS) is 17.5. The van der Waals surface area contributed by atoms with Gasteiger partial charge in [0.15, 0.2) is 0 Å². The molecule has 0 aliphatic heterocycles. The third-order valence-corrected chi connectivity index (χ3v) is 7.48. The molecule has 0 spiro atoms. The highest BCUT2D eigenvalue weighted by atomic mass is 28.4. The predicted molar refractivity (Wildman–Crippen MR) is 104 cm³/mol. The van der Waals surface area contributed by atoms with Crippen LogP contribution < -0.4 is 0 Å². The molecule has 1 rings (SSSR count).